The van der Waals surface area contributed by atoms with Crippen LogP contribution >= 0.6 is 0 Å². The van der Waals surface area contributed by atoms with Crippen molar-refractivity contribution >= 4 is 17.9 Å². The average Bonchev–Trinajstić information content (AvgIpc) is 3.21. The predicted molar refractivity (Wildman–Crippen MR) is 118 cm³/mol. The number of halogens is 2. The van der Waals surface area contributed by atoms with Crippen LogP contribution in [0.5, 0.6) is 0 Å². The second-order valence-corrected chi connectivity index (χ2v) is 9.34. The fourth-order valence-electron chi connectivity index (χ4n) is 5.18. The van der Waals surface area contributed by atoms with Crippen LogP contribution in [0.25, 0.3) is 6.08 Å². The quantitative estimate of drug-likeness (QED) is 0.690. The SMILES string of the molecule is O=C(NCC1CCC2(CCN(C(=O)C=Cc3cccc(F)c3F)CC2)O1)C1CCCCC1. The molecule has 1 aliphatic carbocycles. The van der Waals surface area contributed by atoms with E-state index < -0.39 is 11.6 Å². The lowest BCUT2D eigenvalue weighted by molar-refractivity contribution is -0.134. The molecule has 2 amide bonds. The van der Waals surface area contributed by atoms with Gasteiger partial charge in [-0.2, -0.15) is 0 Å². The van der Waals surface area contributed by atoms with Gasteiger partial charge in [0, 0.05) is 37.2 Å². The first-order valence-electron chi connectivity index (χ1n) is 11.8. The third kappa shape index (κ3) is 5.37. The van der Waals surface area contributed by atoms with Crippen LogP contribution in [0.4, 0.5) is 8.78 Å². The highest BCUT2D eigenvalue weighted by Gasteiger charge is 2.43. The van der Waals surface area contributed by atoms with Crippen LogP contribution in [0, 0.1) is 17.6 Å². The zero-order valence-electron chi connectivity index (χ0n) is 18.5. The Morgan fingerprint density at radius 3 is 2.59 bits per heavy atom. The van der Waals surface area contributed by atoms with E-state index in [-0.39, 0.29) is 35.0 Å². The first kappa shape index (κ1) is 22.9. The number of hydrogen-bond acceptors (Lipinski definition) is 3. The average molecular weight is 447 g/mol. The van der Waals surface area contributed by atoms with E-state index in [0.717, 1.165) is 57.4 Å². The number of piperidine rings is 1. The molecule has 5 nitrogen and oxygen atoms in total. The summed E-state index contributed by atoms with van der Waals surface area (Å²) in [5, 5.41) is 3.09. The molecular formula is C25H32F2N2O3. The van der Waals surface area contributed by atoms with Gasteiger partial charge in [0.25, 0.3) is 0 Å². The minimum atomic E-state index is -0.949. The summed E-state index contributed by atoms with van der Waals surface area (Å²) in [4.78, 5) is 26.6. The molecule has 0 bridgehead atoms. The lowest BCUT2D eigenvalue weighted by Gasteiger charge is -2.39. The lowest BCUT2D eigenvalue weighted by Crippen LogP contribution is -2.47. The molecular weight excluding hydrogens is 414 g/mol. The molecule has 1 saturated carbocycles. The zero-order valence-corrected chi connectivity index (χ0v) is 18.5. The normalized spacial score (nSPS) is 23.7. The molecule has 0 radical (unpaired) electrons. The molecule has 3 fully saturated rings. The topological polar surface area (TPSA) is 58.6 Å². The number of nitrogens with one attached hydrogen (secondary N) is 1. The molecule has 1 N–H and O–H groups in total. The molecule has 2 aliphatic heterocycles. The van der Waals surface area contributed by atoms with Crippen LogP contribution in [0.3, 0.4) is 0 Å². The van der Waals surface area contributed by atoms with Gasteiger partial charge in [-0.05, 0) is 50.7 Å². The van der Waals surface area contributed by atoms with Crippen molar-refractivity contribution in [3.8, 4) is 0 Å². The Balaban J connectivity index is 1.22. The van der Waals surface area contributed by atoms with E-state index in [1.54, 1.807) is 4.90 Å². The van der Waals surface area contributed by atoms with Gasteiger partial charge in [0.1, 0.15) is 0 Å². The third-order valence-corrected chi connectivity index (χ3v) is 7.19. The molecule has 174 valence electrons. The summed E-state index contributed by atoms with van der Waals surface area (Å²) in [6, 6.07) is 3.90. The first-order chi connectivity index (χ1) is 15.5. The number of hydrogen-bond donors (Lipinski definition) is 1. The molecule has 1 unspecified atom stereocenters. The molecule has 2 heterocycles. The highest BCUT2D eigenvalue weighted by Crippen LogP contribution is 2.39. The summed E-state index contributed by atoms with van der Waals surface area (Å²) in [7, 11) is 0. The number of amides is 2. The Labute approximate surface area is 188 Å². The number of benzene rings is 1. The van der Waals surface area contributed by atoms with Crippen molar-refractivity contribution in [2.75, 3.05) is 19.6 Å². The molecule has 2 saturated heterocycles. The third-order valence-electron chi connectivity index (χ3n) is 7.19. The van der Waals surface area contributed by atoms with Gasteiger partial charge < -0.3 is 15.0 Å². The van der Waals surface area contributed by atoms with E-state index in [0.29, 0.717) is 19.6 Å². The summed E-state index contributed by atoms with van der Waals surface area (Å²) < 4.78 is 33.4. The fraction of sp³-hybridized carbons (Fsp3) is 0.600. The Bertz CT molecular complexity index is 859. The molecule has 1 spiro atoms. The predicted octanol–water partition coefficient (Wildman–Crippen LogP) is 4.21. The van der Waals surface area contributed by atoms with Gasteiger partial charge in [0.15, 0.2) is 11.6 Å². The van der Waals surface area contributed by atoms with Crippen LogP contribution < -0.4 is 5.32 Å². The maximum atomic E-state index is 13.8. The van der Waals surface area contributed by atoms with Crippen molar-refractivity contribution in [2.45, 2.75) is 69.5 Å². The molecule has 1 aromatic rings. The van der Waals surface area contributed by atoms with E-state index in [1.807, 2.05) is 0 Å². The van der Waals surface area contributed by atoms with Crippen LogP contribution in [-0.4, -0.2) is 48.1 Å². The minimum absolute atomic E-state index is 0.0284. The van der Waals surface area contributed by atoms with E-state index in [9.17, 15) is 18.4 Å². The number of likely N-dealkylation sites (tertiary alicyclic amines) is 1. The van der Waals surface area contributed by atoms with Crippen molar-refractivity contribution in [3.63, 3.8) is 0 Å². The van der Waals surface area contributed by atoms with Gasteiger partial charge >= 0.3 is 0 Å². The monoisotopic (exact) mass is 446 g/mol. The Morgan fingerprint density at radius 1 is 1.09 bits per heavy atom. The van der Waals surface area contributed by atoms with Crippen LogP contribution in [0.1, 0.15) is 63.4 Å². The summed E-state index contributed by atoms with van der Waals surface area (Å²) in [6.07, 6.45) is 11.5. The molecule has 32 heavy (non-hydrogen) atoms. The van der Waals surface area contributed by atoms with Crippen LogP contribution in [0.2, 0.25) is 0 Å². The first-order valence-corrected chi connectivity index (χ1v) is 11.8. The van der Waals surface area contributed by atoms with Crippen LogP contribution in [-0.2, 0) is 14.3 Å². The smallest absolute Gasteiger partial charge is 0.246 e. The van der Waals surface area contributed by atoms with Crippen molar-refractivity contribution in [3.05, 3.63) is 41.5 Å². The summed E-state index contributed by atoms with van der Waals surface area (Å²) >= 11 is 0. The maximum absolute atomic E-state index is 13.8. The van der Waals surface area contributed by atoms with E-state index in [2.05, 4.69) is 5.32 Å². The molecule has 1 atom stereocenters. The summed E-state index contributed by atoms with van der Waals surface area (Å²) in [5.41, 5.74) is -0.167. The van der Waals surface area contributed by atoms with Gasteiger partial charge in [-0.1, -0.05) is 31.4 Å². The van der Waals surface area contributed by atoms with Gasteiger partial charge in [-0.25, -0.2) is 8.78 Å². The lowest BCUT2D eigenvalue weighted by atomic mass is 9.88. The van der Waals surface area contributed by atoms with Gasteiger partial charge in [-0.15, -0.1) is 0 Å². The Morgan fingerprint density at radius 2 is 1.84 bits per heavy atom. The fourth-order valence-corrected chi connectivity index (χ4v) is 5.18. The zero-order chi connectivity index (χ0) is 22.6. The van der Waals surface area contributed by atoms with Crippen molar-refractivity contribution in [1.29, 1.82) is 0 Å². The highest BCUT2D eigenvalue weighted by molar-refractivity contribution is 5.91. The van der Waals surface area contributed by atoms with Crippen molar-refractivity contribution in [1.82, 2.24) is 10.2 Å². The van der Waals surface area contributed by atoms with Crippen molar-refractivity contribution < 1.29 is 23.1 Å². The molecule has 4 rings (SSSR count). The van der Waals surface area contributed by atoms with Gasteiger partial charge in [0.05, 0.1) is 11.7 Å². The number of nitrogens with zero attached hydrogens (tertiary/aromatic N) is 1. The minimum Gasteiger partial charge on any atom is -0.370 e. The number of rotatable bonds is 5. The molecule has 1 aromatic carbocycles. The Kier molecular flexibility index (Phi) is 7.23. The molecule has 7 heteroatoms. The second-order valence-electron chi connectivity index (χ2n) is 9.34. The second kappa shape index (κ2) is 10.1. The molecule has 0 aromatic heterocycles. The van der Waals surface area contributed by atoms with E-state index >= 15 is 0 Å². The summed E-state index contributed by atoms with van der Waals surface area (Å²) in [5.74, 6) is -1.77. The van der Waals surface area contributed by atoms with E-state index in [4.69, 9.17) is 4.74 Å². The van der Waals surface area contributed by atoms with Crippen LogP contribution in [0.15, 0.2) is 24.3 Å². The molecule has 3 aliphatic rings. The maximum Gasteiger partial charge on any atom is 0.246 e. The Hall–Kier alpha value is -2.28. The van der Waals surface area contributed by atoms with Crippen molar-refractivity contribution in [2.24, 2.45) is 5.92 Å². The number of ether oxygens (including phenoxy) is 1. The van der Waals surface area contributed by atoms with Gasteiger partial charge in [0.2, 0.25) is 11.8 Å². The van der Waals surface area contributed by atoms with Gasteiger partial charge in [-0.3, -0.25) is 9.59 Å². The standard InChI is InChI=1S/C25H32F2N2O3/c26-21-8-4-7-18(23(21)27)9-10-22(30)29-15-13-25(14-16-29)12-11-20(32-25)17-28-24(31)19-5-2-1-3-6-19/h4,7-10,19-20H,1-3,5-6,11-17H2,(H,28,31). The summed E-state index contributed by atoms with van der Waals surface area (Å²) in [6.45, 7) is 1.69. The van der Waals surface area contributed by atoms with E-state index in [1.165, 1.54) is 30.7 Å². The number of carbonyl (C=O) groups is 2. The largest absolute Gasteiger partial charge is 0.370 e. The highest BCUT2D eigenvalue weighted by atomic mass is 19.2. The number of carbonyl (C=O) groups excluding carboxylic acids is 2.